The summed E-state index contributed by atoms with van der Waals surface area (Å²) in [5.74, 6) is -0.928. The summed E-state index contributed by atoms with van der Waals surface area (Å²) in [6, 6.07) is 12.5. The molecule has 0 unspecified atom stereocenters. The molecule has 0 atom stereocenters. The van der Waals surface area contributed by atoms with Crippen molar-refractivity contribution in [3.8, 4) is 0 Å². The van der Waals surface area contributed by atoms with Crippen LogP contribution in [0.3, 0.4) is 0 Å². The van der Waals surface area contributed by atoms with Crippen LogP contribution < -0.4 is 15.2 Å². The van der Waals surface area contributed by atoms with Crippen LogP contribution in [0.1, 0.15) is 10.5 Å². The van der Waals surface area contributed by atoms with Crippen molar-refractivity contribution in [2.45, 2.75) is 9.79 Å². The number of hydrogen-bond donors (Lipinski definition) is 4. The van der Waals surface area contributed by atoms with E-state index in [9.17, 15) is 21.6 Å². The lowest BCUT2D eigenvalue weighted by molar-refractivity contribution is 0.0993. The Balaban J connectivity index is 1.79. The number of carbonyl (C=O) groups is 1. The number of carbonyl (C=O) groups excluding carboxylic acids is 1. The molecular weight excluding hydrogens is 484 g/mol. The van der Waals surface area contributed by atoms with Crippen molar-refractivity contribution < 1.29 is 21.6 Å². The lowest BCUT2D eigenvalue weighted by atomic mass is 10.2. The minimum absolute atomic E-state index is 0.0698. The predicted octanol–water partition coefficient (Wildman–Crippen LogP) is 1.29. The van der Waals surface area contributed by atoms with E-state index in [4.69, 9.17) is 5.73 Å². The van der Waals surface area contributed by atoms with Crippen LogP contribution in [0.4, 0.5) is 0 Å². The van der Waals surface area contributed by atoms with E-state index in [1.54, 1.807) is 36.4 Å². The average molecular weight is 501 g/mol. The number of nitrogens with two attached hydrogens (primary N) is 1. The molecule has 0 fully saturated rings. The van der Waals surface area contributed by atoms with Crippen molar-refractivity contribution in [3.63, 3.8) is 0 Å². The van der Waals surface area contributed by atoms with Crippen molar-refractivity contribution in [2.24, 2.45) is 5.73 Å². The number of fused-ring (bicyclic) bond motifs is 1. The molecule has 0 aliphatic rings. The Labute approximate surface area is 175 Å². The van der Waals surface area contributed by atoms with Gasteiger partial charge in [0.15, 0.2) is 0 Å². The molecule has 5 N–H and O–H groups in total. The minimum atomic E-state index is -4.16. The van der Waals surface area contributed by atoms with Crippen molar-refractivity contribution in [2.75, 3.05) is 13.1 Å². The number of halogens is 1. The van der Waals surface area contributed by atoms with Gasteiger partial charge in [-0.15, -0.1) is 0 Å². The number of aromatic amines is 1. The van der Waals surface area contributed by atoms with Gasteiger partial charge >= 0.3 is 0 Å². The van der Waals surface area contributed by atoms with Crippen molar-refractivity contribution in [1.29, 1.82) is 0 Å². The molecule has 29 heavy (non-hydrogen) atoms. The monoisotopic (exact) mass is 500 g/mol. The van der Waals surface area contributed by atoms with E-state index < -0.39 is 26.0 Å². The molecule has 1 heterocycles. The highest BCUT2D eigenvalue weighted by Gasteiger charge is 2.27. The Kier molecular flexibility index (Phi) is 6.10. The molecule has 9 nitrogen and oxygen atoms in total. The van der Waals surface area contributed by atoms with Gasteiger partial charge in [-0.2, -0.15) is 0 Å². The number of benzene rings is 2. The Bertz CT molecular complexity index is 1270. The first-order valence-electron chi connectivity index (χ1n) is 8.27. The van der Waals surface area contributed by atoms with Gasteiger partial charge in [0.2, 0.25) is 20.0 Å². The molecule has 0 saturated carbocycles. The van der Waals surface area contributed by atoms with E-state index in [2.05, 4.69) is 30.4 Å². The first kappa shape index (κ1) is 21.5. The molecule has 3 rings (SSSR count). The molecule has 0 aliphatic heterocycles. The second-order valence-corrected chi connectivity index (χ2v) is 10.4. The van der Waals surface area contributed by atoms with Gasteiger partial charge in [0.1, 0.15) is 10.6 Å². The van der Waals surface area contributed by atoms with Crippen molar-refractivity contribution in [3.05, 3.63) is 58.7 Å². The van der Waals surface area contributed by atoms with Gasteiger partial charge in [-0.05, 0) is 30.3 Å². The minimum Gasteiger partial charge on any atom is -0.364 e. The number of hydrogen-bond acceptors (Lipinski definition) is 5. The Hall–Kier alpha value is -2.25. The first-order valence-corrected chi connectivity index (χ1v) is 12.0. The standard InChI is InChI=1S/C17H17BrN4O5S2/c18-11-6-7-14-13(10-11)16(15(22-14)17(19)23)29(26,27)21-9-8-20-28(24,25)12-4-2-1-3-5-12/h1-7,10,20-22H,8-9H2,(H2,19,23). The number of aromatic nitrogens is 1. The number of H-pyrrole nitrogens is 1. The van der Waals surface area contributed by atoms with E-state index in [0.29, 0.717) is 9.99 Å². The molecule has 3 aromatic rings. The van der Waals surface area contributed by atoms with Crippen LogP contribution in [0.25, 0.3) is 10.9 Å². The van der Waals surface area contributed by atoms with E-state index in [-0.39, 0.29) is 34.0 Å². The summed E-state index contributed by atoms with van der Waals surface area (Å²) < 4.78 is 55.2. The van der Waals surface area contributed by atoms with Crippen LogP contribution in [0, 0.1) is 0 Å². The summed E-state index contributed by atoms with van der Waals surface area (Å²) in [7, 11) is -7.92. The quantitative estimate of drug-likeness (QED) is 0.343. The lowest BCUT2D eigenvalue weighted by Crippen LogP contribution is -2.35. The second-order valence-electron chi connectivity index (χ2n) is 5.99. The van der Waals surface area contributed by atoms with Gasteiger partial charge in [-0.1, -0.05) is 34.1 Å². The zero-order valence-corrected chi connectivity index (χ0v) is 18.1. The topological polar surface area (TPSA) is 151 Å². The van der Waals surface area contributed by atoms with Crippen LogP contribution in [0.5, 0.6) is 0 Å². The fraction of sp³-hybridized carbons (Fsp3) is 0.118. The highest BCUT2D eigenvalue weighted by atomic mass is 79.9. The molecule has 0 saturated heterocycles. The summed E-state index contributed by atoms with van der Waals surface area (Å²) >= 11 is 3.27. The van der Waals surface area contributed by atoms with Gasteiger partial charge in [-0.25, -0.2) is 26.3 Å². The molecule has 0 bridgehead atoms. The first-order chi connectivity index (χ1) is 13.6. The summed E-state index contributed by atoms with van der Waals surface area (Å²) in [5.41, 5.74) is 5.49. The number of sulfonamides is 2. The fourth-order valence-corrected chi connectivity index (χ4v) is 5.53. The van der Waals surface area contributed by atoms with Crippen molar-refractivity contribution in [1.82, 2.24) is 14.4 Å². The molecular formula is C17H17BrN4O5S2. The summed E-state index contributed by atoms with van der Waals surface area (Å²) in [4.78, 5) is 14.2. The zero-order valence-electron chi connectivity index (χ0n) is 14.8. The van der Waals surface area contributed by atoms with Gasteiger partial charge in [0.05, 0.1) is 4.90 Å². The molecule has 0 spiro atoms. The molecule has 0 radical (unpaired) electrons. The van der Waals surface area contributed by atoms with Crippen LogP contribution in [-0.4, -0.2) is 40.8 Å². The third kappa shape index (κ3) is 4.67. The smallest absolute Gasteiger partial charge is 0.266 e. The van der Waals surface area contributed by atoms with Gasteiger partial charge in [-0.3, -0.25) is 4.79 Å². The zero-order chi connectivity index (χ0) is 21.2. The highest BCUT2D eigenvalue weighted by Crippen LogP contribution is 2.29. The normalized spacial score (nSPS) is 12.3. The second kappa shape index (κ2) is 8.24. The third-order valence-corrected chi connectivity index (χ3v) is 7.51. The molecule has 1 amide bonds. The summed E-state index contributed by atoms with van der Waals surface area (Å²) in [6.45, 7) is -0.415. The fourth-order valence-electron chi connectivity index (χ4n) is 2.72. The summed E-state index contributed by atoms with van der Waals surface area (Å²) in [5, 5.41) is 0.283. The third-order valence-electron chi connectivity index (χ3n) is 3.99. The maximum absolute atomic E-state index is 12.8. The van der Waals surface area contributed by atoms with Crippen LogP contribution in [-0.2, 0) is 20.0 Å². The van der Waals surface area contributed by atoms with Crippen molar-refractivity contribution >= 4 is 52.8 Å². The predicted molar refractivity (Wildman–Crippen MR) is 111 cm³/mol. The van der Waals surface area contributed by atoms with Crippen LogP contribution in [0.15, 0.2) is 62.8 Å². The molecule has 2 aromatic carbocycles. The van der Waals surface area contributed by atoms with E-state index in [1.807, 2.05) is 0 Å². The number of nitrogens with one attached hydrogen (secondary N) is 3. The van der Waals surface area contributed by atoms with E-state index in [1.165, 1.54) is 12.1 Å². The highest BCUT2D eigenvalue weighted by molar-refractivity contribution is 9.10. The van der Waals surface area contributed by atoms with Gasteiger partial charge in [0, 0.05) is 28.5 Å². The Morgan fingerprint density at radius 3 is 2.21 bits per heavy atom. The maximum Gasteiger partial charge on any atom is 0.266 e. The Morgan fingerprint density at radius 1 is 0.966 bits per heavy atom. The van der Waals surface area contributed by atoms with Crippen LogP contribution >= 0.6 is 15.9 Å². The number of rotatable bonds is 8. The Morgan fingerprint density at radius 2 is 1.59 bits per heavy atom. The maximum atomic E-state index is 12.8. The lowest BCUT2D eigenvalue weighted by Gasteiger charge is -2.09. The largest absolute Gasteiger partial charge is 0.364 e. The molecule has 0 aliphatic carbocycles. The molecule has 12 heteroatoms. The van der Waals surface area contributed by atoms with E-state index >= 15 is 0 Å². The molecule has 154 valence electrons. The molecule has 1 aromatic heterocycles. The van der Waals surface area contributed by atoms with E-state index in [0.717, 1.165) is 0 Å². The SMILES string of the molecule is NC(=O)c1[nH]c2ccc(Br)cc2c1S(=O)(=O)NCCNS(=O)(=O)c1ccccc1. The van der Waals surface area contributed by atoms with Gasteiger partial charge < -0.3 is 10.7 Å². The van der Waals surface area contributed by atoms with Crippen LogP contribution in [0.2, 0.25) is 0 Å². The van der Waals surface area contributed by atoms with Gasteiger partial charge in [0.25, 0.3) is 5.91 Å². The number of primary amides is 1. The number of amides is 1. The average Bonchev–Trinajstić information content (AvgIpc) is 3.06. The summed E-state index contributed by atoms with van der Waals surface area (Å²) in [6.07, 6.45) is 0.